The monoisotopic (exact) mass is 460 g/mol. The standard InChI is InChI=1S/C24H20N4O4S/c1-3-31-22(30)17-12-13-32-20(17)14-33-24-26-25-23-27(18-10-6-4-8-15(18)2)21(29)16-9-5-7-11-19(16)28(23)24/h4-13H,3,14H2,1-2H3. The molecule has 2 aromatic carbocycles. The first-order valence-corrected chi connectivity index (χ1v) is 11.4. The Morgan fingerprint density at radius 3 is 2.70 bits per heavy atom. The number of nitrogens with zero attached hydrogens (tertiary/aromatic N) is 4. The lowest BCUT2D eigenvalue weighted by Crippen LogP contribution is -2.22. The van der Waals surface area contributed by atoms with Crippen LogP contribution in [-0.4, -0.2) is 31.7 Å². The zero-order valence-corrected chi connectivity index (χ0v) is 18.8. The molecule has 3 aromatic heterocycles. The number of ether oxygens (including phenoxy) is 1. The first-order chi connectivity index (χ1) is 16.1. The van der Waals surface area contributed by atoms with E-state index in [2.05, 4.69) is 10.2 Å². The molecule has 0 radical (unpaired) electrons. The predicted octanol–water partition coefficient (Wildman–Crippen LogP) is 4.40. The molecule has 0 saturated carbocycles. The number of hydrogen-bond donors (Lipinski definition) is 0. The van der Waals surface area contributed by atoms with Gasteiger partial charge >= 0.3 is 5.97 Å². The van der Waals surface area contributed by atoms with Gasteiger partial charge in [-0.15, -0.1) is 10.2 Å². The number of carbonyl (C=O) groups excluding carboxylic acids is 1. The minimum absolute atomic E-state index is 0.160. The van der Waals surface area contributed by atoms with Crippen LogP contribution in [0, 0.1) is 6.92 Å². The quantitative estimate of drug-likeness (QED) is 0.274. The molecular weight excluding hydrogens is 440 g/mol. The molecule has 5 aromatic rings. The molecule has 0 N–H and O–H groups in total. The highest BCUT2D eigenvalue weighted by Crippen LogP contribution is 2.28. The van der Waals surface area contributed by atoms with Crippen molar-refractivity contribution in [1.82, 2.24) is 19.2 Å². The largest absolute Gasteiger partial charge is 0.468 e. The number of thioether (sulfide) groups is 1. The molecule has 3 heterocycles. The second-order valence-electron chi connectivity index (χ2n) is 7.33. The van der Waals surface area contributed by atoms with Crippen LogP contribution in [0.15, 0.2) is 75.2 Å². The van der Waals surface area contributed by atoms with Crippen molar-refractivity contribution in [3.05, 3.63) is 88.1 Å². The molecule has 0 spiro atoms. The molecule has 0 atom stereocenters. The topological polar surface area (TPSA) is 91.6 Å². The van der Waals surface area contributed by atoms with E-state index in [1.165, 1.54) is 18.0 Å². The highest BCUT2D eigenvalue weighted by atomic mass is 32.2. The van der Waals surface area contributed by atoms with Crippen molar-refractivity contribution in [1.29, 1.82) is 0 Å². The first kappa shape index (κ1) is 21.0. The number of aryl methyl sites for hydroxylation is 1. The number of carbonyl (C=O) groups is 1. The van der Waals surface area contributed by atoms with E-state index in [4.69, 9.17) is 9.15 Å². The lowest BCUT2D eigenvalue weighted by Gasteiger charge is -2.13. The van der Waals surface area contributed by atoms with Crippen LogP contribution >= 0.6 is 11.8 Å². The van der Waals surface area contributed by atoms with Crippen LogP contribution in [0.3, 0.4) is 0 Å². The maximum atomic E-state index is 13.4. The van der Waals surface area contributed by atoms with Crippen molar-refractivity contribution < 1.29 is 13.9 Å². The maximum Gasteiger partial charge on any atom is 0.341 e. The fraction of sp³-hybridized carbons (Fsp3) is 0.167. The van der Waals surface area contributed by atoms with Crippen molar-refractivity contribution in [2.24, 2.45) is 0 Å². The van der Waals surface area contributed by atoms with Crippen LogP contribution in [0.2, 0.25) is 0 Å². The number of hydrogen-bond acceptors (Lipinski definition) is 7. The Morgan fingerprint density at radius 1 is 1.09 bits per heavy atom. The summed E-state index contributed by atoms with van der Waals surface area (Å²) in [5, 5.41) is 9.87. The van der Waals surface area contributed by atoms with Crippen LogP contribution in [-0.2, 0) is 10.5 Å². The van der Waals surface area contributed by atoms with Crippen molar-refractivity contribution in [3.63, 3.8) is 0 Å². The van der Waals surface area contributed by atoms with Gasteiger partial charge in [0, 0.05) is 0 Å². The lowest BCUT2D eigenvalue weighted by molar-refractivity contribution is 0.0524. The van der Waals surface area contributed by atoms with Crippen LogP contribution < -0.4 is 5.56 Å². The van der Waals surface area contributed by atoms with Gasteiger partial charge in [0.2, 0.25) is 5.78 Å². The van der Waals surface area contributed by atoms with E-state index < -0.39 is 5.97 Å². The molecule has 0 aliphatic rings. The lowest BCUT2D eigenvalue weighted by atomic mass is 10.2. The highest BCUT2D eigenvalue weighted by Gasteiger charge is 2.21. The first-order valence-electron chi connectivity index (χ1n) is 10.4. The Hall–Kier alpha value is -3.85. The number of benzene rings is 2. The molecule has 5 rings (SSSR count). The molecule has 0 unspecified atom stereocenters. The normalized spacial score (nSPS) is 11.3. The third kappa shape index (κ3) is 3.60. The van der Waals surface area contributed by atoms with Crippen molar-refractivity contribution in [3.8, 4) is 5.69 Å². The van der Waals surface area contributed by atoms with Gasteiger partial charge in [-0.1, -0.05) is 42.1 Å². The van der Waals surface area contributed by atoms with Crippen molar-refractivity contribution in [2.75, 3.05) is 6.61 Å². The van der Waals surface area contributed by atoms with E-state index >= 15 is 0 Å². The maximum absolute atomic E-state index is 13.4. The number of aromatic nitrogens is 4. The van der Waals surface area contributed by atoms with Gasteiger partial charge in [-0.25, -0.2) is 9.36 Å². The van der Waals surface area contributed by atoms with E-state index in [0.29, 0.717) is 38.9 Å². The zero-order valence-electron chi connectivity index (χ0n) is 18.0. The van der Waals surface area contributed by atoms with Gasteiger partial charge in [0.05, 0.1) is 35.2 Å². The SMILES string of the molecule is CCOC(=O)c1ccoc1CSc1nnc2n(-c3ccccc3C)c(=O)c3ccccc3n12. The number of rotatable bonds is 6. The van der Waals surface area contributed by atoms with Gasteiger partial charge < -0.3 is 9.15 Å². The molecule has 166 valence electrons. The minimum Gasteiger partial charge on any atom is -0.468 e. The molecule has 0 bridgehead atoms. The summed E-state index contributed by atoms with van der Waals surface area (Å²) in [5.41, 5.74) is 2.63. The van der Waals surface area contributed by atoms with Crippen LogP contribution in [0.4, 0.5) is 0 Å². The van der Waals surface area contributed by atoms with Crippen LogP contribution in [0.5, 0.6) is 0 Å². The smallest absolute Gasteiger partial charge is 0.341 e. The third-order valence-corrected chi connectivity index (χ3v) is 6.25. The second kappa shape index (κ2) is 8.59. The predicted molar refractivity (Wildman–Crippen MR) is 125 cm³/mol. The van der Waals surface area contributed by atoms with Gasteiger partial charge in [-0.05, 0) is 43.7 Å². The fourth-order valence-corrected chi connectivity index (χ4v) is 4.67. The summed E-state index contributed by atoms with van der Waals surface area (Å²) in [7, 11) is 0. The number of furan rings is 1. The average Bonchev–Trinajstić information content (AvgIpc) is 3.46. The van der Waals surface area contributed by atoms with Crippen LogP contribution in [0.25, 0.3) is 22.4 Å². The summed E-state index contributed by atoms with van der Waals surface area (Å²) in [4.78, 5) is 25.6. The molecule has 8 nitrogen and oxygen atoms in total. The Bertz CT molecular complexity index is 1550. The fourth-order valence-electron chi connectivity index (χ4n) is 3.78. The number of esters is 1. The van der Waals surface area contributed by atoms with Gasteiger partial charge in [0.15, 0.2) is 5.16 Å². The van der Waals surface area contributed by atoms with E-state index in [9.17, 15) is 9.59 Å². The number of fused-ring (bicyclic) bond motifs is 3. The molecule has 9 heteroatoms. The Kier molecular flexibility index (Phi) is 5.47. The zero-order chi connectivity index (χ0) is 22.9. The van der Waals surface area contributed by atoms with Gasteiger partial charge in [-0.3, -0.25) is 9.20 Å². The highest BCUT2D eigenvalue weighted by molar-refractivity contribution is 7.98. The average molecular weight is 461 g/mol. The molecule has 0 aliphatic heterocycles. The Morgan fingerprint density at radius 2 is 1.88 bits per heavy atom. The second-order valence-corrected chi connectivity index (χ2v) is 8.27. The van der Waals surface area contributed by atoms with Crippen molar-refractivity contribution >= 4 is 34.4 Å². The van der Waals surface area contributed by atoms with Gasteiger partial charge in [-0.2, -0.15) is 0 Å². The molecule has 0 aliphatic carbocycles. The molecule has 0 amide bonds. The third-order valence-electron chi connectivity index (χ3n) is 5.32. The van der Waals surface area contributed by atoms with E-state index in [1.807, 2.05) is 53.8 Å². The summed E-state index contributed by atoms with van der Waals surface area (Å²) < 4.78 is 14.1. The Balaban J connectivity index is 1.64. The van der Waals surface area contributed by atoms with E-state index in [-0.39, 0.29) is 12.2 Å². The van der Waals surface area contributed by atoms with Crippen LogP contribution in [0.1, 0.15) is 28.6 Å². The Labute approximate surface area is 192 Å². The van der Waals surface area contributed by atoms with Gasteiger partial charge in [0.1, 0.15) is 11.3 Å². The summed E-state index contributed by atoms with van der Waals surface area (Å²) in [5.74, 6) is 0.832. The summed E-state index contributed by atoms with van der Waals surface area (Å²) in [6, 6.07) is 16.6. The number of para-hydroxylation sites is 2. The molecule has 0 saturated heterocycles. The summed E-state index contributed by atoms with van der Waals surface area (Å²) in [6.45, 7) is 4.00. The molecule has 0 fully saturated rings. The summed E-state index contributed by atoms with van der Waals surface area (Å²) >= 11 is 1.37. The summed E-state index contributed by atoms with van der Waals surface area (Å²) in [6.07, 6.45) is 1.47. The van der Waals surface area contributed by atoms with E-state index in [0.717, 1.165) is 11.3 Å². The minimum atomic E-state index is -0.424. The van der Waals surface area contributed by atoms with Gasteiger partial charge in [0.25, 0.3) is 5.56 Å². The molecular formula is C24H20N4O4S. The van der Waals surface area contributed by atoms with E-state index in [1.54, 1.807) is 23.6 Å². The molecule has 33 heavy (non-hydrogen) atoms. The van der Waals surface area contributed by atoms with Crippen molar-refractivity contribution in [2.45, 2.75) is 24.8 Å².